The fraction of sp³-hybridized carbons (Fsp3) is 0.353. The number of benzene rings is 1. The van der Waals surface area contributed by atoms with Gasteiger partial charge >= 0.3 is 0 Å². The lowest BCUT2D eigenvalue weighted by Gasteiger charge is -2.22. The monoisotopic (exact) mass is 349 g/mol. The van der Waals surface area contributed by atoms with Crippen molar-refractivity contribution in [1.29, 1.82) is 0 Å². The number of hydrogen-bond acceptors (Lipinski definition) is 3. The third-order valence-corrected chi connectivity index (χ3v) is 5.15. The van der Waals surface area contributed by atoms with Gasteiger partial charge in [0, 0.05) is 23.7 Å². The number of halogens is 1. The number of aliphatic hydroxyl groups excluding tert-OH is 1. The molecule has 1 aromatic carbocycles. The number of aliphatic imine (C=N–C) groups is 1. The Kier molecular flexibility index (Phi) is 5.20. The minimum absolute atomic E-state index is 0.317. The van der Waals surface area contributed by atoms with Crippen LogP contribution in [0.25, 0.3) is 0 Å². The molecule has 4 nitrogen and oxygen atoms in total. The highest BCUT2D eigenvalue weighted by atomic mass is 35.5. The normalized spacial score (nSPS) is 15.6. The second kappa shape index (κ2) is 7.34. The number of hydrogen-bond donors (Lipinski definition) is 2. The number of nitrogens with zero attached hydrogens (tertiary/aromatic N) is 2. The van der Waals surface area contributed by atoms with Gasteiger partial charge in [0.05, 0.1) is 10.9 Å². The minimum atomic E-state index is -0.626. The maximum Gasteiger partial charge on any atom is 0.198 e. The molecule has 0 amide bonds. The van der Waals surface area contributed by atoms with Crippen LogP contribution in [0.3, 0.4) is 0 Å². The molecular weight excluding hydrogens is 330 g/mol. The zero-order valence-electron chi connectivity index (χ0n) is 13.0. The summed E-state index contributed by atoms with van der Waals surface area (Å²) in [6.45, 7) is 4.06. The van der Waals surface area contributed by atoms with Crippen molar-refractivity contribution in [3.05, 3.63) is 51.2 Å². The predicted octanol–water partition coefficient (Wildman–Crippen LogP) is 3.46. The van der Waals surface area contributed by atoms with Crippen LogP contribution in [0.5, 0.6) is 0 Å². The summed E-state index contributed by atoms with van der Waals surface area (Å²) in [6, 6.07) is 12.0. The number of nitrogens with one attached hydrogen (secondary N) is 1. The number of guanidine groups is 1. The van der Waals surface area contributed by atoms with E-state index in [-0.39, 0.29) is 0 Å². The summed E-state index contributed by atoms with van der Waals surface area (Å²) in [6.07, 6.45) is 0.392. The maximum atomic E-state index is 10.3. The Bertz CT molecular complexity index is 701. The first-order chi connectivity index (χ1) is 11.2. The number of aliphatic hydroxyl groups is 1. The Morgan fingerprint density at radius 1 is 1.39 bits per heavy atom. The fourth-order valence-electron chi connectivity index (χ4n) is 2.72. The molecule has 0 spiro atoms. The maximum absolute atomic E-state index is 10.3. The van der Waals surface area contributed by atoms with E-state index in [1.54, 1.807) is 6.07 Å². The van der Waals surface area contributed by atoms with Crippen LogP contribution in [0.2, 0.25) is 4.34 Å². The van der Waals surface area contributed by atoms with Crippen LogP contribution in [0.15, 0.2) is 41.4 Å². The fourth-order valence-corrected chi connectivity index (χ4v) is 3.76. The zero-order valence-corrected chi connectivity index (χ0v) is 14.6. The lowest BCUT2D eigenvalue weighted by molar-refractivity contribution is 0.191. The highest BCUT2D eigenvalue weighted by Gasteiger charge is 2.22. The zero-order chi connectivity index (χ0) is 16.2. The van der Waals surface area contributed by atoms with Gasteiger partial charge < -0.3 is 15.3 Å². The highest BCUT2D eigenvalue weighted by Crippen LogP contribution is 2.29. The van der Waals surface area contributed by atoms with Gasteiger partial charge in [0.1, 0.15) is 6.10 Å². The molecule has 1 atom stereocenters. The average molecular weight is 350 g/mol. The lowest BCUT2D eigenvalue weighted by atomic mass is 10.2. The van der Waals surface area contributed by atoms with Crippen molar-refractivity contribution >= 4 is 34.6 Å². The van der Waals surface area contributed by atoms with Gasteiger partial charge in [-0.3, -0.25) is 0 Å². The standard InChI is InChI=1S/C17H20ClN3OS/c1-2-19-17(20-11-14(22)15-7-8-16(18)23-15)21-10-9-12-5-3-4-6-13(12)21/h3-8,14,22H,2,9-11H2,1H3,(H,19,20). The van der Waals surface area contributed by atoms with Crippen LogP contribution in [0.1, 0.15) is 23.5 Å². The highest BCUT2D eigenvalue weighted by molar-refractivity contribution is 7.16. The van der Waals surface area contributed by atoms with E-state index in [0.29, 0.717) is 10.9 Å². The van der Waals surface area contributed by atoms with Crippen LogP contribution in [0, 0.1) is 0 Å². The second-order valence-corrected chi connectivity index (χ2v) is 7.13. The van der Waals surface area contributed by atoms with Crippen LogP contribution in [-0.4, -0.2) is 30.7 Å². The molecule has 1 unspecified atom stereocenters. The Morgan fingerprint density at radius 3 is 2.96 bits per heavy atom. The Balaban J connectivity index is 1.76. The molecule has 2 N–H and O–H groups in total. The van der Waals surface area contributed by atoms with Crippen molar-refractivity contribution in [2.45, 2.75) is 19.4 Å². The largest absolute Gasteiger partial charge is 0.386 e. The van der Waals surface area contributed by atoms with E-state index < -0.39 is 6.10 Å². The summed E-state index contributed by atoms with van der Waals surface area (Å²) in [7, 11) is 0. The second-order valence-electron chi connectivity index (χ2n) is 5.38. The van der Waals surface area contributed by atoms with Crippen molar-refractivity contribution in [2.75, 3.05) is 24.5 Å². The van der Waals surface area contributed by atoms with Crippen molar-refractivity contribution in [2.24, 2.45) is 4.99 Å². The van der Waals surface area contributed by atoms with E-state index in [0.717, 1.165) is 30.3 Å². The van der Waals surface area contributed by atoms with Gasteiger partial charge in [-0.05, 0) is 37.1 Å². The molecule has 1 aromatic heterocycles. The minimum Gasteiger partial charge on any atom is -0.386 e. The average Bonchev–Trinajstić information content (AvgIpc) is 3.17. The van der Waals surface area contributed by atoms with Crippen molar-refractivity contribution in [3.63, 3.8) is 0 Å². The van der Waals surface area contributed by atoms with Crippen molar-refractivity contribution < 1.29 is 5.11 Å². The molecule has 0 aliphatic carbocycles. The molecule has 3 rings (SSSR count). The Labute approximate surface area is 145 Å². The third-order valence-electron chi connectivity index (χ3n) is 3.81. The van der Waals surface area contributed by atoms with Gasteiger partial charge in [-0.25, -0.2) is 4.99 Å². The van der Waals surface area contributed by atoms with Gasteiger partial charge in [-0.2, -0.15) is 0 Å². The first-order valence-electron chi connectivity index (χ1n) is 7.76. The Hall–Kier alpha value is -1.56. The van der Waals surface area contributed by atoms with Crippen LogP contribution < -0.4 is 10.2 Å². The summed E-state index contributed by atoms with van der Waals surface area (Å²) in [5.41, 5.74) is 2.53. The predicted molar refractivity (Wildman–Crippen MR) is 97.8 cm³/mol. The molecule has 6 heteroatoms. The number of anilines is 1. The SMILES string of the molecule is CCNC(=NCC(O)c1ccc(Cl)s1)N1CCc2ccccc21. The van der Waals surface area contributed by atoms with Crippen molar-refractivity contribution in [3.8, 4) is 0 Å². The first-order valence-corrected chi connectivity index (χ1v) is 8.95. The topological polar surface area (TPSA) is 47.9 Å². The summed E-state index contributed by atoms with van der Waals surface area (Å²) in [5, 5.41) is 13.6. The van der Waals surface area contributed by atoms with Gasteiger partial charge in [-0.15, -0.1) is 11.3 Å². The van der Waals surface area contributed by atoms with Gasteiger partial charge in [0.2, 0.25) is 0 Å². The molecular formula is C17H20ClN3OS. The van der Waals surface area contributed by atoms with Crippen LogP contribution in [0.4, 0.5) is 5.69 Å². The molecule has 0 radical (unpaired) electrons. The number of para-hydroxylation sites is 1. The number of thiophene rings is 1. The third kappa shape index (κ3) is 3.68. The molecule has 2 aromatic rings. The molecule has 1 aliphatic heterocycles. The molecule has 1 aliphatic rings. The number of fused-ring (bicyclic) bond motifs is 1. The molecule has 0 bridgehead atoms. The van der Waals surface area contributed by atoms with Gasteiger partial charge in [-0.1, -0.05) is 29.8 Å². The van der Waals surface area contributed by atoms with Crippen LogP contribution in [-0.2, 0) is 6.42 Å². The number of rotatable bonds is 4. The van der Waals surface area contributed by atoms with Crippen LogP contribution >= 0.6 is 22.9 Å². The van der Waals surface area contributed by atoms with Gasteiger partial charge in [0.15, 0.2) is 5.96 Å². The smallest absolute Gasteiger partial charge is 0.198 e. The molecule has 0 saturated carbocycles. The first kappa shape index (κ1) is 16.3. The summed E-state index contributed by atoms with van der Waals surface area (Å²) in [4.78, 5) is 7.66. The van der Waals surface area contributed by atoms with E-state index in [2.05, 4.69) is 33.4 Å². The van der Waals surface area contributed by atoms with Crippen molar-refractivity contribution in [1.82, 2.24) is 5.32 Å². The Morgan fingerprint density at radius 2 is 2.22 bits per heavy atom. The van der Waals surface area contributed by atoms with E-state index in [9.17, 15) is 5.11 Å². The quantitative estimate of drug-likeness (QED) is 0.656. The summed E-state index contributed by atoms with van der Waals surface area (Å²) >= 11 is 7.32. The van der Waals surface area contributed by atoms with E-state index in [1.807, 2.05) is 19.1 Å². The molecule has 122 valence electrons. The summed E-state index contributed by atoms with van der Waals surface area (Å²) < 4.78 is 0.684. The van der Waals surface area contributed by atoms with E-state index >= 15 is 0 Å². The van der Waals surface area contributed by atoms with E-state index in [1.165, 1.54) is 22.6 Å². The van der Waals surface area contributed by atoms with Gasteiger partial charge in [0.25, 0.3) is 0 Å². The molecule has 23 heavy (non-hydrogen) atoms. The molecule has 0 fully saturated rings. The lowest BCUT2D eigenvalue weighted by Crippen LogP contribution is -2.40. The summed E-state index contributed by atoms with van der Waals surface area (Å²) in [5.74, 6) is 0.819. The molecule has 2 heterocycles. The van der Waals surface area contributed by atoms with E-state index in [4.69, 9.17) is 11.6 Å². The molecule has 0 saturated heterocycles.